The molecule has 0 amide bonds. The largest absolute Gasteiger partial charge is 0.477 e. The molecule has 5 nitrogen and oxygen atoms in total. The zero-order chi connectivity index (χ0) is 13.5. The number of carboxylic acids is 1. The Kier molecular flexibility index (Phi) is 3.82. The van der Waals surface area contributed by atoms with Crippen LogP contribution in [0.1, 0.15) is 23.0 Å². The Hall–Kier alpha value is -0.440. The van der Waals surface area contributed by atoms with Crippen LogP contribution in [0, 0.1) is 11.8 Å². The lowest BCUT2D eigenvalue weighted by atomic mass is 10.3. The number of aromatic carboxylic acids is 1. The van der Waals surface area contributed by atoms with E-state index < -0.39 is 16.0 Å². The number of sulfonamides is 1. The highest BCUT2D eigenvalue weighted by Crippen LogP contribution is 2.37. The Bertz CT molecular complexity index is 581. The molecule has 0 bridgehead atoms. The van der Waals surface area contributed by atoms with Gasteiger partial charge in [-0.05, 0) is 40.3 Å². The Morgan fingerprint density at radius 1 is 1.67 bits per heavy atom. The van der Waals surface area contributed by atoms with Crippen molar-refractivity contribution in [3.8, 4) is 0 Å². The fraction of sp³-hybridized carbons (Fsp3) is 0.500. The van der Waals surface area contributed by atoms with Crippen LogP contribution in [0.25, 0.3) is 0 Å². The number of rotatable bonds is 5. The lowest BCUT2D eigenvalue weighted by Gasteiger charge is -2.04. The van der Waals surface area contributed by atoms with Crippen LogP contribution < -0.4 is 4.72 Å². The van der Waals surface area contributed by atoms with Crippen molar-refractivity contribution in [2.75, 3.05) is 6.54 Å². The third-order valence-electron chi connectivity index (χ3n) is 2.97. The SMILES string of the molecule is CC1CC1CNS(=O)(=O)c1cc(C(=O)O)sc1Br. The summed E-state index contributed by atoms with van der Waals surface area (Å²) >= 11 is 3.99. The number of hydrogen-bond donors (Lipinski definition) is 2. The van der Waals surface area contributed by atoms with Crippen LogP contribution >= 0.6 is 27.3 Å². The van der Waals surface area contributed by atoms with Gasteiger partial charge in [-0.3, -0.25) is 0 Å². The standard InChI is InChI=1S/C10H12BrNO4S2/c1-5-2-6(5)4-12-18(15,16)8-3-7(10(13)14)17-9(8)11/h3,5-6,12H,2,4H2,1H3,(H,13,14). The lowest BCUT2D eigenvalue weighted by molar-refractivity contribution is 0.0702. The molecule has 0 spiro atoms. The molecule has 8 heteroatoms. The smallest absolute Gasteiger partial charge is 0.345 e. The highest BCUT2D eigenvalue weighted by molar-refractivity contribution is 9.11. The molecule has 2 unspecified atom stereocenters. The van der Waals surface area contributed by atoms with Gasteiger partial charge in [0.1, 0.15) is 9.77 Å². The fourth-order valence-corrected chi connectivity index (χ4v) is 5.11. The molecule has 1 aliphatic carbocycles. The second-order valence-corrected chi connectivity index (χ2v) is 8.48. The van der Waals surface area contributed by atoms with E-state index in [1.165, 1.54) is 6.07 Å². The van der Waals surface area contributed by atoms with Gasteiger partial charge >= 0.3 is 5.97 Å². The topological polar surface area (TPSA) is 83.5 Å². The molecular formula is C10H12BrNO4S2. The van der Waals surface area contributed by atoms with E-state index in [0.717, 1.165) is 17.8 Å². The van der Waals surface area contributed by atoms with Crippen LogP contribution in [0.5, 0.6) is 0 Å². The van der Waals surface area contributed by atoms with Gasteiger partial charge in [0, 0.05) is 6.54 Å². The molecule has 1 fully saturated rings. The number of thiophene rings is 1. The van der Waals surface area contributed by atoms with Gasteiger partial charge in [-0.2, -0.15) is 0 Å². The molecule has 1 aliphatic rings. The van der Waals surface area contributed by atoms with Crippen molar-refractivity contribution in [3.63, 3.8) is 0 Å². The summed E-state index contributed by atoms with van der Waals surface area (Å²) in [5.74, 6) is -0.165. The van der Waals surface area contributed by atoms with Gasteiger partial charge in [0.2, 0.25) is 10.0 Å². The molecule has 1 saturated carbocycles. The first-order valence-corrected chi connectivity index (χ1v) is 8.43. The summed E-state index contributed by atoms with van der Waals surface area (Å²) in [5, 5.41) is 8.83. The van der Waals surface area contributed by atoms with Gasteiger partial charge in [0.05, 0.1) is 3.79 Å². The maximum absolute atomic E-state index is 12.0. The zero-order valence-electron chi connectivity index (χ0n) is 9.51. The quantitative estimate of drug-likeness (QED) is 0.849. The van der Waals surface area contributed by atoms with Crippen LogP contribution in [0.4, 0.5) is 0 Å². The number of carbonyl (C=O) groups is 1. The third-order valence-corrected chi connectivity index (χ3v) is 6.63. The maximum atomic E-state index is 12.0. The molecule has 2 atom stereocenters. The first-order chi connectivity index (χ1) is 8.31. The van der Waals surface area contributed by atoms with Crippen molar-refractivity contribution in [1.82, 2.24) is 4.72 Å². The minimum atomic E-state index is -3.63. The molecule has 0 aromatic carbocycles. The predicted molar refractivity (Wildman–Crippen MR) is 71.4 cm³/mol. The van der Waals surface area contributed by atoms with Crippen LogP contribution in [0.3, 0.4) is 0 Å². The maximum Gasteiger partial charge on any atom is 0.345 e. The van der Waals surface area contributed by atoms with E-state index in [-0.39, 0.29) is 9.77 Å². The lowest BCUT2D eigenvalue weighted by Crippen LogP contribution is -2.26. The molecule has 1 heterocycles. The minimum absolute atomic E-state index is 0.00166. The van der Waals surface area contributed by atoms with E-state index in [1.807, 2.05) is 0 Å². The van der Waals surface area contributed by atoms with E-state index in [2.05, 4.69) is 27.6 Å². The van der Waals surface area contributed by atoms with Gasteiger partial charge in [-0.15, -0.1) is 11.3 Å². The summed E-state index contributed by atoms with van der Waals surface area (Å²) in [6, 6.07) is 1.18. The van der Waals surface area contributed by atoms with Crippen LogP contribution in [0.15, 0.2) is 14.7 Å². The van der Waals surface area contributed by atoms with Gasteiger partial charge < -0.3 is 5.11 Å². The van der Waals surface area contributed by atoms with E-state index in [1.54, 1.807) is 0 Å². The molecule has 0 saturated heterocycles. The van der Waals surface area contributed by atoms with Gasteiger partial charge in [-0.25, -0.2) is 17.9 Å². The Balaban J connectivity index is 2.15. The summed E-state index contributed by atoms with van der Waals surface area (Å²) in [6.45, 7) is 2.48. The molecule has 0 radical (unpaired) electrons. The number of nitrogens with one attached hydrogen (secondary N) is 1. The Morgan fingerprint density at radius 2 is 2.28 bits per heavy atom. The monoisotopic (exact) mass is 353 g/mol. The Morgan fingerprint density at radius 3 is 2.72 bits per heavy atom. The van der Waals surface area contributed by atoms with Crippen molar-refractivity contribution >= 4 is 43.3 Å². The van der Waals surface area contributed by atoms with E-state index in [9.17, 15) is 13.2 Å². The normalized spacial score (nSPS) is 23.0. The number of halogens is 1. The molecular weight excluding hydrogens is 342 g/mol. The average molecular weight is 354 g/mol. The van der Waals surface area contributed by atoms with Crippen molar-refractivity contribution in [1.29, 1.82) is 0 Å². The van der Waals surface area contributed by atoms with E-state index >= 15 is 0 Å². The van der Waals surface area contributed by atoms with Crippen molar-refractivity contribution in [2.24, 2.45) is 11.8 Å². The average Bonchev–Trinajstić information content (AvgIpc) is 2.80. The predicted octanol–water partition coefficient (Wildman–Crippen LogP) is 2.14. The van der Waals surface area contributed by atoms with E-state index in [0.29, 0.717) is 22.2 Å². The molecule has 2 rings (SSSR count). The van der Waals surface area contributed by atoms with Crippen LogP contribution in [0.2, 0.25) is 0 Å². The Labute approximate surface area is 117 Å². The number of hydrogen-bond acceptors (Lipinski definition) is 4. The van der Waals surface area contributed by atoms with E-state index in [4.69, 9.17) is 5.11 Å². The fourth-order valence-electron chi connectivity index (χ4n) is 1.62. The third kappa shape index (κ3) is 2.93. The minimum Gasteiger partial charge on any atom is -0.477 e. The molecule has 1 aromatic heterocycles. The van der Waals surface area contributed by atoms with Gasteiger partial charge in [-0.1, -0.05) is 6.92 Å². The highest BCUT2D eigenvalue weighted by atomic mass is 79.9. The summed E-state index contributed by atoms with van der Waals surface area (Å²) in [4.78, 5) is 10.8. The first kappa shape index (κ1) is 14.0. The van der Waals surface area contributed by atoms with Crippen molar-refractivity contribution < 1.29 is 18.3 Å². The summed E-state index contributed by atoms with van der Waals surface area (Å²) in [6.07, 6.45) is 1.04. The first-order valence-electron chi connectivity index (χ1n) is 5.33. The van der Waals surface area contributed by atoms with Crippen LogP contribution in [-0.2, 0) is 10.0 Å². The molecule has 100 valence electrons. The molecule has 0 aliphatic heterocycles. The summed E-state index contributed by atoms with van der Waals surface area (Å²) < 4.78 is 26.8. The van der Waals surface area contributed by atoms with Gasteiger partial charge in [0.15, 0.2) is 0 Å². The molecule has 18 heavy (non-hydrogen) atoms. The summed E-state index contributed by atoms with van der Waals surface area (Å²) in [5.41, 5.74) is 0. The van der Waals surface area contributed by atoms with Crippen molar-refractivity contribution in [2.45, 2.75) is 18.2 Å². The second-order valence-electron chi connectivity index (χ2n) is 4.38. The number of carboxylic acid groups (broad SMARTS) is 1. The van der Waals surface area contributed by atoms with Crippen LogP contribution in [-0.4, -0.2) is 26.0 Å². The molecule has 1 aromatic rings. The highest BCUT2D eigenvalue weighted by Gasteiger charge is 2.34. The zero-order valence-corrected chi connectivity index (χ0v) is 12.7. The van der Waals surface area contributed by atoms with Crippen molar-refractivity contribution in [3.05, 3.63) is 14.7 Å². The van der Waals surface area contributed by atoms with Gasteiger partial charge in [0.25, 0.3) is 0 Å². The molecule has 2 N–H and O–H groups in total. The second kappa shape index (κ2) is 4.92. The summed E-state index contributed by atoms with van der Waals surface area (Å²) in [7, 11) is -3.63.